The molecule has 0 atom stereocenters. The Morgan fingerprint density at radius 3 is 2.52 bits per heavy atom. The van der Waals surface area contributed by atoms with Gasteiger partial charge >= 0.3 is 0 Å². The molecule has 2 nitrogen and oxygen atoms in total. The van der Waals surface area contributed by atoms with Crippen molar-refractivity contribution >= 4 is 0 Å². The highest BCUT2D eigenvalue weighted by molar-refractivity contribution is 5.40. The number of nitrogens with one attached hydrogen (secondary N) is 1. The summed E-state index contributed by atoms with van der Waals surface area (Å²) in [4.78, 5) is 0. The summed E-state index contributed by atoms with van der Waals surface area (Å²) in [5.74, 6) is 1.92. The maximum Gasteiger partial charge on any atom is 0.122 e. The Balaban J connectivity index is 1.86. The minimum Gasteiger partial charge on any atom is -0.496 e. The highest BCUT2D eigenvalue weighted by Gasteiger charge is 2.37. The van der Waals surface area contributed by atoms with Crippen molar-refractivity contribution in [1.29, 1.82) is 0 Å². The summed E-state index contributed by atoms with van der Waals surface area (Å²) in [7, 11) is 1.78. The van der Waals surface area contributed by atoms with Crippen molar-refractivity contribution < 1.29 is 4.74 Å². The Labute approximate surface area is 129 Å². The number of aryl methyl sites for hydroxylation is 1. The second kappa shape index (κ2) is 6.00. The smallest absolute Gasteiger partial charge is 0.122 e. The van der Waals surface area contributed by atoms with E-state index >= 15 is 0 Å². The zero-order valence-corrected chi connectivity index (χ0v) is 13.7. The van der Waals surface area contributed by atoms with Gasteiger partial charge in [0.05, 0.1) is 7.11 Å². The lowest BCUT2D eigenvalue weighted by atomic mass is 9.66. The summed E-state index contributed by atoms with van der Waals surface area (Å²) in [5.41, 5.74) is 3.02. The molecule has 116 valence electrons. The highest BCUT2D eigenvalue weighted by atomic mass is 16.5. The third-order valence-electron chi connectivity index (χ3n) is 5.56. The number of rotatable bonds is 5. The van der Waals surface area contributed by atoms with Crippen molar-refractivity contribution in [1.82, 2.24) is 5.32 Å². The lowest BCUT2D eigenvalue weighted by Crippen LogP contribution is -2.41. The van der Waals surface area contributed by atoms with Gasteiger partial charge in [-0.2, -0.15) is 0 Å². The molecule has 21 heavy (non-hydrogen) atoms. The fourth-order valence-electron chi connectivity index (χ4n) is 3.66. The quantitative estimate of drug-likeness (QED) is 0.876. The Morgan fingerprint density at radius 2 is 1.90 bits per heavy atom. The van der Waals surface area contributed by atoms with E-state index in [1.807, 2.05) is 0 Å². The molecule has 0 radical (unpaired) electrons. The fourth-order valence-corrected chi connectivity index (χ4v) is 3.66. The summed E-state index contributed by atoms with van der Waals surface area (Å²) in [6.07, 6.45) is 8.04. The minimum absolute atomic E-state index is 0.316. The number of ether oxygens (including phenoxy) is 1. The zero-order chi connectivity index (χ0) is 14.9. The number of benzene rings is 1. The van der Waals surface area contributed by atoms with E-state index in [-0.39, 0.29) is 0 Å². The molecule has 3 rings (SSSR count). The van der Waals surface area contributed by atoms with E-state index < -0.39 is 0 Å². The molecule has 2 fully saturated rings. The predicted octanol–water partition coefficient (Wildman–Crippen LogP) is 4.20. The van der Waals surface area contributed by atoms with E-state index in [1.54, 1.807) is 7.11 Å². The van der Waals surface area contributed by atoms with Gasteiger partial charge < -0.3 is 10.1 Å². The molecule has 0 saturated heterocycles. The van der Waals surface area contributed by atoms with Gasteiger partial charge in [-0.25, -0.2) is 0 Å². The molecule has 2 saturated carbocycles. The van der Waals surface area contributed by atoms with Crippen LogP contribution in [0.4, 0.5) is 0 Å². The van der Waals surface area contributed by atoms with E-state index in [1.165, 1.54) is 49.7 Å². The first-order valence-electron chi connectivity index (χ1n) is 8.51. The van der Waals surface area contributed by atoms with Gasteiger partial charge in [-0.05, 0) is 68.6 Å². The van der Waals surface area contributed by atoms with Crippen LogP contribution in [-0.4, -0.2) is 19.7 Å². The van der Waals surface area contributed by atoms with Crippen LogP contribution in [0.5, 0.6) is 5.75 Å². The third-order valence-corrected chi connectivity index (χ3v) is 5.56. The first kappa shape index (κ1) is 14.9. The first-order chi connectivity index (χ1) is 10.1. The molecule has 1 aromatic rings. The molecular weight excluding hydrogens is 258 g/mol. The van der Waals surface area contributed by atoms with Crippen molar-refractivity contribution in [2.75, 3.05) is 13.7 Å². The van der Waals surface area contributed by atoms with Gasteiger partial charge in [-0.15, -0.1) is 0 Å². The second-order valence-electron chi connectivity index (χ2n) is 7.30. The molecule has 0 heterocycles. The average Bonchev–Trinajstić information content (AvgIpc) is 3.32. The van der Waals surface area contributed by atoms with Gasteiger partial charge in [-0.3, -0.25) is 0 Å². The maximum absolute atomic E-state index is 5.56. The second-order valence-corrected chi connectivity index (χ2v) is 7.30. The van der Waals surface area contributed by atoms with Gasteiger partial charge in [0, 0.05) is 18.0 Å². The monoisotopic (exact) mass is 287 g/mol. The molecule has 1 N–H and O–H groups in total. The van der Waals surface area contributed by atoms with Crippen LogP contribution in [0.3, 0.4) is 0 Å². The maximum atomic E-state index is 5.56. The van der Waals surface area contributed by atoms with E-state index in [0.29, 0.717) is 5.41 Å². The zero-order valence-electron chi connectivity index (χ0n) is 13.7. The van der Waals surface area contributed by atoms with E-state index in [0.717, 1.165) is 24.3 Å². The van der Waals surface area contributed by atoms with Gasteiger partial charge in [0.1, 0.15) is 5.75 Å². The largest absolute Gasteiger partial charge is 0.496 e. The van der Waals surface area contributed by atoms with Crippen molar-refractivity contribution in [3.8, 4) is 5.75 Å². The van der Waals surface area contributed by atoms with E-state index in [4.69, 9.17) is 4.74 Å². The molecule has 0 unspecified atom stereocenters. The Morgan fingerprint density at radius 1 is 1.19 bits per heavy atom. The fraction of sp³-hybridized carbons (Fsp3) is 0.684. The van der Waals surface area contributed by atoms with E-state index in [2.05, 4.69) is 37.4 Å². The van der Waals surface area contributed by atoms with Crippen molar-refractivity contribution in [3.63, 3.8) is 0 Å². The van der Waals surface area contributed by atoms with Crippen LogP contribution in [0.1, 0.15) is 56.6 Å². The van der Waals surface area contributed by atoms with E-state index in [9.17, 15) is 0 Å². The first-order valence-corrected chi connectivity index (χ1v) is 8.51. The van der Waals surface area contributed by atoms with Crippen LogP contribution in [0.25, 0.3) is 0 Å². The summed E-state index contributed by atoms with van der Waals surface area (Å²) in [5, 5.41) is 3.79. The normalized spacial score (nSPS) is 29.4. The summed E-state index contributed by atoms with van der Waals surface area (Å²) >= 11 is 0. The Bertz CT molecular complexity index is 484. The molecule has 0 aliphatic heterocycles. The molecule has 1 aromatic carbocycles. The van der Waals surface area contributed by atoms with Crippen molar-refractivity contribution in [3.05, 3.63) is 29.3 Å². The minimum atomic E-state index is 0.316. The third kappa shape index (κ3) is 3.26. The average molecular weight is 287 g/mol. The molecule has 0 spiro atoms. The predicted molar refractivity (Wildman–Crippen MR) is 88.1 cm³/mol. The Kier molecular flexibility index (Phi) is 4.26. The molecule has 2 aliphatic carbocycles. The van der Waals surface area contributed by atoms with Crippen molar-refractivity contribution in [2.24, 2.45) is 5.92 Å². The van der Waals surface area contributed by atoms with Gasteiger partial charge in [0.25, 0.3) is 0 Å². The molecule has 2 heteroatoms. The molecule has 2 aliphatic rings. The Hall–Kier alpha value is -1.02. The topological polar surface area (TPSA) is 21.3 Å². The lowest BCUT2D eigenvalue weighted by molar-refractivity contribution is 0.232. The van der Waals surface area contributed by atoms with Crippen LogP contribution in [0, 0.1) is 12.8 Å². The number of hydrogen-bond donors (Lipinski definition) is 1. The molecule has 0 amide bonds. The molecule has 0 bridgehead atoms. The van der Waals surface area contributed by atoms with Crippen LogP contribution in [0.15, 0.2) is 18.2 Å². The lowest BCUT2D eigenvalue weighted by Gasteiger charge is -2.40. The van der Waals surface area contributed by atoms with Gasteiger partial charge in [0.2, 0.25) is 0 Å². The SMILES string of the molecule is COc1cc(C2(CNC3CC3)CCC(C)CC2)ccc1C. The van der Waals surface area contributed by atoms with Crippen LogP contribution in [-0.2, 0) is 5.41 Å². The van der Waals surface area contributed by atoms with Crippen molar-refractivity contribution in [2.45, 2.75) is 63.8 Å². The molecule has 0 aromatic heterocycles. The van der Waals surface area contributed by atoms with Gasteiger partial charge in [0.15, 0.2) is 0 Å². The summed E-state index contributed by atoms with van der Waals surface area (Å²) in [6, 6.07) is 7.64. The summed E-state index contributed by atoms with van der Waals surface area (Å²) < 4.78 is 5.56. The molecular formula is C19H29NO. The number of methoxy groups -OCH3 is 1. The standard InChI is InChI=1S/C19H29NO/c1-14-8-10-19(11-9-14,13-20-17-6-7-17)16-5-4-15(2)18(12-16)21-3/h4-5,12,14,17,20H,6-11,13H2,1-3H3. The van der Waals surface area contributed by atoms with Crippen LogP contribution >= 0.6 is 0 Å². The van der Waals surface area contributed by atoms with Crippen LogP contribution in [0.2, 0.25) is 0 Å². The van der Waals surface area contributed by atoms with Gasteiger partial charge in [-0.1, -0.05) is 19.1 Å². The number of hydrogen-bond acceptors (Lipinski definition) is 2. The summed E-state index contributed by atoms with van der Waals surface area (Å²) in [6.45, 7) is 5.66. The van der Waals surface area contributed by atoms with Crippen LogP contribution < -0.4 is 10.1 Å². The highest BCUT2D eigenvalue weighted by Crippen LogP contribution is 2.43.